The fourth-order valence-corrected chi connectivity index (χ4v) is 0.550. The quantitative estimate of drug-likeness (QED) is 0.598. The second kappa shape index (κ2) is 3.56. The molecule has 0 saturated carbocycles. The maximum atomic E-state index is 11.0. The third-order valence-electron chi connectivity index (χ3n) is 1.33. The predicted molar refractivity (Wildman–Crippen MR) is 39.5 cm³/mol. The molecular weight excluding hydrogens is 130 g/mol. The Morgan fingerprint density at radius 2 is 1.80 bits per heavy atom. The van der Waals surface area contributed by atoms with E-state index in [0.717, 1.165) is 0 Å². The Hall–Kier alpha value is -0.570. The van der Waals surface area contributed by atoms with Gasteiger partial charge in [-0.3, -0.25) is 4.79 Å². The summed E-state index contributed by atoms with van der Waals surface area (Å²) in [6, 6.07) is 0. The van der Waals surface area contributed by atoms with Gasteiger partial charge in [-0.25, -0.2) is 0 Å². The average Bonchev–Trinajstić information content (AvgIpc) is 1.84. The molecule has 1 N–H and O–H groups in total. The Balaban J connectivity index is 3.95. The molecule has 0 heterocycles. The van der Waals surface area contributed by atoms with Gasteiger partial charge in [0.1, 0.15) is 6.10 Å². The Morgan fingerprint density at radius 1 is 1.40 bits per heavy atom. The number of carbonyl (C=O) groups excluding carboxylic acids is 1. The van der Waals surface area contributed by atoms with Crippen LogP contribution in [0.15, 0.2) is 0 Å². The fraction of sp³-hybridized carbons (Fsp3) is 0.857. The number of amides is 1. The molecular formula is C7H15NO2. The van der Waals surface area contributed by atoms with Crippen LogP contribution in [0.4, 0.5) is 0 Å². The first kappa shape index (κ1) is 9.43. The summed E-state index contributed by atoms with van der Waals surface area (Å²) in [5.74, 6) is -0.232. The van der Waals surface area contributed by atoms with Crippen molar-refractivity contribution >= 4 is 5.91 Å². The minimum absolute atomic E-state index is 0.00472. The summed E-state index contributed by atoms with van der Waals surface area (Å²) < 4.78 is 0. The highest BCUT2D eigenvalue weighted by molar-refractivity contribution is 5.80. The normalized spacial score (nSPS) is 13.4. The van der Waals surface area contributed by atoms with Gasteiger partial charge in [0.05, 0.1) is 0 Å². The number of carbonyl (C=O) groups is 1. The molecule has 0 aromatic rings. The Labute approximate surface area is 61.6 Å². The third kappa shape index (κ3) is 2.35. The lowest BCUT2D eigenvalue weighted by molar-refractivity contribution is -0.139. The van der Waals surface area contributed by atoms with Gasteiger partial charge in [-0.05, 0) is 5.92 Å². The predicted octanol–water partition coefficient (Wildman–Crippen LogP) is 0.0915. The van der Waals surface area contributed by atoms with E-state index in [9.17, 15) is 9.90 Å². The third-order valence-corrected chi connectivity index (χ3v) is 1.33. The molecule has 10 heavy (non-hydrogen) atoms. The van der Waals surface area contributed by atoms with Gasteiger partial charge >= 0.3 is 0 Å². The van der Waals surface area contributed by atoms with Crippen molar-refractivity contribution in [1.29, 1.82) is 0 Å². The van der Waals surface area contributed by atoms with Crippen LogP contribution in [0.3, 0.4) is 0 Å². The molecule has 0 spiro atoms. The molecule has 1 amide bonds. The first-order valence-corrected chi connectivity index (χ1v) is 3.36. The van der Waals surface area contributed by atoms with Gasteiger partial charge in [-0.2, -0.15) is 0 Å². The molecule has 0 aromatic heterocycles. The number of aliphatic hydroxyl groups excluding tert-OH is 1. The van der Waals surface area contributed by atoms with Crippen molar-refractivity contribution in [1.82, 2.24) is 4.90 Å². The molecule has 0 aliphatic heterocycles. The van der Waals surface area contributed by atoms with Gasteiger partial charge in [-0.1, -0.05) is 13.8 Å². The second-order valence-corrected chi connectivity index (χ2v) is 2.92. The first-order valence-electron chi connectivity index (χ1n) is 3.36. The van der Waals surface area contributed by atoms with Crippen LogP contribution in [-0.2, 0) is 4.79 Å². The number of hydrogen-bond donors (Lipinski definition) is 1. The number of aliphatic hydroxyl groups is 1. The zero-order valence-electron chi connectivity index (χ0n) is 6.96. The largest absolute Gasteiger partial charge is 0.383 e. The van der Waals surface area contributed by atoms with Crippen molar-refractivity contribution < 1.29 is 9.90 Å². The minimum Gasteiger partial charge on any atom is -0.383 e. The van der Waals surface area contributed by atoms with Gasteiger partial charge in [0, 0.05) is 14.1 Å². The lowest BCUT2D eigenvalue weighted by Crippen LogP contribution is -2.36. The standard InChI is InChI=1S/C7H15NO2/c1-5(2)6(9)7(10)8(3)4/h5-6,9H,1-4H3/t6-/m1/s1. The molecule has 0 aromatic carbocycles. The van der Waals surface area contributed by atoms with Crippen LogP contribution < -0.4 is 0 Å². The highest BCUT2D eigenvalue weighted by Gasteiger charge is 2.19. The van der Waals surface area contributed by atoms with Crippen LogP contribution in [0.1, 0.15) is 13.8 Å². The SMILES string of the molecule is CC(C)[C@@H](O)C(=O)N(C)C. The number of nitrogens with zero attached hydrogens (tertiary/aromatic N) is 1. The van der Waals surface area contributed by atoms with Crippen LogP contribution >= 0.6 is 0 Å². The maximum absolute atomic E-state index is 11.0. The van der Waals surface area contributed by atoms with Crippen molar-refractivity contribution in [2.24, 2.45) is 5.92 Å². The first-order chi connectivity index (χ1) is 4.46. The van der Waals surface area contributed by atoms with Crippen molar-refractivity contribution in [3.63, 3.8) is 0 Å². The van der Waals surface area contributed by atoms with Gasteiger partial charge in [0.2, 0.25) is 0 Å². The average molecular weight is 145 g/mol. The second-order valence-electron chi connectivity index (χ2n) is 2.92. The molecule has 3 nitrogen and oxygen atoms in total. The van der Waals surface area contributed by atoms with Crippen molar-refractivity contribution in [2.75, 3.05) is 14.1 Å². The Morgan fingerprint density at radius 3 is 1.90 bits per heavy atom. The van der Waals surface area contributed by atoms with Crippen LogP contribution in [0.25, 0.3) is 0 Å². The maximum Gasteiger partial charge on any atom is 0.251 e. The summed E-state index contributed by atoms with van der Waals surface area (Å²) >= 11 is 0. The molecule has 0 bridgehead atoms. The number of rotatable bonds is 2. The molecule has 3 heteroatoms. The van der Waals surface area contributed by atoms with Gasteiger partial charge in [0.15, 0.2) is 0 Å². The Bertz CT molecular complexity index is 121. The zero-order chi connectivity index (χ0) is 8.31. The van der Waals surface area contributed by atoms with E-state index in [4.69, 9.17) is 0 Å². The monoisotopic (exact) mass is 145 g/mol. The highest BCUT2D eigenvalue weighted by Crippen LogP contribution is 2.02. The topological polar surface area (TPSA) is 40.5 Å². The van der Waals surface area contributed by atoms with E-state index in [0.29, 0.717) is 0 Å². The van der Waals surface area contributed by atoms with Gasteiger partial charge in [0.25, 0.3) is 5.91 Å². The molecule has 0 aliphatic carbocycles. The summed E-state index contributed by atoms with van der Waals surface area (Å²) in [6.07, 6.45) is -0.852. The van der Waals surface area contributed by atoms with Crippen LogP contribution in [-0.4, -0.2) is 36.1 Å². The van der Waals surface area contributed by atoms with Crippen molar-refractivity contribution in [2.45, 2.75) is 20.0 Å². The van der Waals surface area contributed by atoms with E-state index in [1.807, 2.05) is 13.8 Å². The molecule has 0 rings (SSSR count). The van der Waals surface area contributed by atoms with Crippen molar-refractivity contribution in [3.8, 4) is 0 Å². The summed E-state index contributed by atoms with van der Waals surface area (Å²) in [6.45, 7) is 3.62. The molecule has 0 aliphatic rings. The zero-order valence-corrected chi connectivity index (χ0v) is 6.96. The van der Waals surface area contributed by atoms with Crippen LogP contribution in [0.2, 0.25) is 0 Å². The van der Waals surface area contributed by atoms with Crippen LogP contribution in [0.5, 0.6) is 0 Å². The fourth-order valence-electron chi connectivity index (χ4n) is 0.550. The van der Waals surface area contributed by atoms with Gasteiger partial charge < -0.3 is 10.0 Å². The van der Waals surface area contributed by atoms with E-state index < -0.39 is 6.10 Å². The summed E-state index contributed by atoms with van der Waals surface area (Å²) in [5, 5.41) is 9.17. The summed E-state index contributed by atoms with van der Waals surface area (Å²) in [7, 11) is 3.27. The summed E-state index contributed by atoms with van der Waals surface area (Å²) in [4.78, 5) is 12.4. The van der Waals surface area contributed by atoms with E-state index in [1.165, 1.54) is 4.90 Å². The van der Waals surface area contributed by atoms with Crippen molar-refractivity contribution in [3.05, 3.63) is 0 Å². The molecule has 0 radical (unpaired) electrons. The van der Waals surface area contributed by atoms with E-state index in [2.05, 4.69) is 0 Å². The highest BCUT2D eigenvalue weighted by atomic mass is 16.3. The van der Waals surface area contributed by atoms with E-state index in [1.54, 1.807) is 14.1 Å². The molecule has 0 fully saturated rings. The minimum atomic E-state index is -0.852. The summed E-state index contributed by atoms with van der Waals surface area (Å²) in [5.41, 5.74) is 0. The molecule has 1 atom stereocenters. The molecule has 0 unspecified atom stereocenters. The van der Waals surface area contributed by atoms with Crippen LogP contribution in [0, 0.1) is 5.92 Å². The van der Waals surface area contributed by atoms with E-state index >= 15 is 0 Å². The smallest absolute Gasteiger partial charge is 0.251 e. The molecule has 60 valence electrons. The lowest BCUT2D eigenvalue weighted by Gasteiger charge is -2.18. The Kier molecular flexibility index (Phi) is 3.36. The number of hydrogen-bond acceptors (Lipinski definition) is 2. The van der Waals surface area contributed by atoms with Gasteiger partial charge in [-0.15, -0.1) is 0 Å². The lowest BCUT2D eigenvalue weighted by atomic mass is 10.1. The molecule has 0 saturated heterocycles. The number of likely N-dealkylation sites (N-methyl/N-ethyl adjacent to an activating group) is 1. The van der Waals surface area contributed by atoms with E-state index in [-0.39, 0.29) is 11.8 Å².